The van der Waals surface area contributed by atoms with Crippen molar-refractivity contribution in [2.24, 2.45) is 0 Å². The highest BCUT2D eigenvalue weighted by molar-refractivity contribution is 4.52. The summed E-state index contributed by atoms with van der Waals surface area (Å²) < 4.78 is 5.63. The third-order valence-electron chi connectivity index (χ3n) is 7.68. The Morgan fingerprint density at radius 2 is 0.543 bits per heavy atom. The maximum atomic E-state index is 5.63. The molecule has 0 unspecified atom stereocenters. The molecule has 0 saturated carbocycles. The summed E-state index contributed by atoms with van der Waals surface area (Å²) >= 11 is 0. The van der Waals surface area contributed by atoms with E-state index in [2.05, 4.69) is 13.8 Å². The van der Waals surface area contributed by atoms with E-state index in [1.165, 1.54) is 186 Å². The van der Waals surface area contributed by atoms with Crippen LogP contribution in [0.1, 0.15) is 200 Å². The van der Waals surface area contributed by atoms with Gasteiger partial charge in [0.1, 0.15) is 0 Å². The molecule has 0 aromatic heterocycles. The Bertz CT molecular complexity index is 307. The van der Waals surface area contributed by atoms with E-state index in [0.717, 1.165) is 19.6 Å². The summed E-state index contributed by atoms with van der Waals surface area (Å²) in [6.07, 6.45) is 42.8. The van der Waals surface area contributed by atoms with Crippen molar-refractivity contribution < 1.29 is 4.74 Å². The van der Waals surface area contributed by atoms with Crippen molar-refractivity contribution in [3.8, 4) is 0 Å². The second-order valence-electron chi connectivity index (χ2n) is 11.4. The summed E-state index contributed by atoms with van der Waals surface area (Å²) in [5.74, 6) is 0. The number of rotatable bonds is 32. The molecule has 0 aliphatic rings. The smallest absolute Gasteiger partial charge is 0.0466 e. The lowest BCUT2D eigenvalue weighted by molar-refractivity contribution is 0.127. The number of ether oxygens (including phenoxy) is 1. The zero-order chi connectivity index (χ0) is 25.3. The molecule has 0 heterocycles. The molecule has 0 aliphatic heterocycles. The Morgan fingerprint density at radius 1 is 0.314 bits per heavy atom. The van der Waals surface area contributed by atoms with Gasteiger partial charge in [-0.05, 0) is 12.8 Å². The van der Waals surface area contributed by atoms with E-state index in [-0.39, 0.29) is 0 Å². The van der Waals surface area contributed by atoms with Crippen LogP contribution in [0.3, 0.4) is 0 Å². The molecule has 0 atom stereocenters. The van der Waals surface area contributed by atoms with Gasteiger partial charge in [-0.15, -0.1) is 0 Å². The lowest BCUT2D eigenvalue weighted by atomic mass is 10.0. The third-order valence-corrected chi connectivity index (χ3v) is 7.68. The van der Waals surface area contributed by atoms with E-state index >= 15 is 0 Å². The first-order chi connectivity index (χ1) is 17.4. The Kier molecular flexibility index (Phi) is 33.9. The van der Waals surface area contributed by atoms with Gasteiger partial charge in [0.15, 0.2) is 0 Å². The fourth-order valence-corrected chi connectivity index (χ4v) is 5.15. The van der Waals surface area contributed by atoms with Crippen molar-refractivity contribution in [1.29, 1.82) is 0 Å². The first kappa shape index (κ1) is 35.0. The molecule has 0 bridgehead atoms. The predicted octanol–water partition coefficient (Wildman–Crippen LogP) is 12.6. The minimum atomic E-state index is 0.967. The van der Waals surface area contributed by atoms with Crippen molar-refractivity contribution in [3.63, 3.8) is 0 Å². The van der Waals surface area contributed by atoms with Crippen molar-refractivity contribution in [2.75, 3.05) is 13.2 Å². The van der Waals surface area contributed by atoms with E-state index < -0.39 is 0 Å². The SMILES string of the molecule is [CH2]CCCCCCCCCCCCCCCCCCCCCCCCCCCCCOCCCC. The zero-order valence-electron chi connectivity index (χ0n) is 24.7. The van der Waals surface area contributed by atoms with Gasteiger partial charge >= 0.3 is 0 Å². The predicted molar refractivity (Wildman–Crippen MR) is 160 cm³/mol. The molecular formula is C34H69O. The molecule has 0 spiro atoms. The van der Waals surface area contributed by atoms with E-state index in [4.69, 9.17) is 4.74 Å². The Hall–Kier alpha value is -0.0400. The lowest BCUT2D eigenvalue weighted by Gasteiger charge is -2.05. The van der Waals surface area contributed by atoms with Gasteiger partial charge in [0, 0.05) is 13.2 Å². The number of hydrogen-bond donors (Lipinski definition) is 0. The molecule has 0 N–H and O–H groups in total. The van der Waals surface area contributed by atoms with Crippen molar-refractivity contribution >= 4 is 0 Å². The van der Waals surface area contributed by atoms with Crippen LogP contribution in [-0.2, 0) is 4.74 Å². The topological polar surface area (TPSA) is 9.23 Å². The first-order valence-electron chi connectivity index (χ1n) is 16.8. The van der Waals surface area contributed by atoms with E-state index in [0.29, 0.717) is 0 Å². The van der Waals surface area contributed by atoms with Crippen LogP contribution in [-0.4, -0.2) is 13.2 Å². The van der Waals surface area contributed by atoms with E-state index in [9.17, 15) is 0 Å². The van der Waals surface area contributed by atoms with Crippen LogP contribution < -0.4 is 0 Å². The van der Waals surface area contributed by atoms with Crippen LogP contribution in [0.15, 0.2) is 0 Å². The second kappa shape index (κ2) is 34.0. The van der Waals surface area contributed by atoms with Gasteiger partial charge < -0.3 is 4.74 Å². The first-order valence-corrected chi connectivity index (χ1v) is 16.8. The van der Waals surface area contributed by atoms with Crippen LogP contribution in [0.4, 0.5) is 0 Å². The van der Waals surface area contributed by atoms with Gasteiger partial charge in [-0.3, -0.25) is 0 Å². The molecule has 1 nitrogen and oxygen atoms in total. The summed E-state index contributed by atoms with van der Waals surface area (Å²) in [7, 11) is 0. The highest BCUT2D eigenvalue weighted by Crippen LogP contribution is 2.16. The molecule has 0 rings (SSSR count). The van der Waals surface area contributed by atoms with Crippen molar-refractivity contribution in [2.45, 2.75) is 200 Å². The van der Waals surface area contributed by atoms with Gasteiger partial charge in [0.25, 0.3) is 0 Å². The maximum Gasteiger partial charge on any atom is 0.0466 e. The maximum absolute atomic E-state index is 5.63. The lowest BCUT2D eigenvalue weighted by Crippen LogP contribution is -1.96. The normalized spacial score (nSPS) is 11.5. The van der Waals surface area contributed by atoms with Crippen LogP contribution >= 0.6 is 0 Å². The number of hydrogen-bond acceptors (Lipinski definition) is 1. The average Bonchev–Trinajstić information content (AvgIpc) is 2.87. The highest BCUT2D eigenvalue weighted by Gasteiger charge is 1.97. The summed E-state index contributed by atoms with van der Waals surface area (Å²) in [5.41, 5.74) is 0. The van der Waals surface area contributed by atoms with Gasteiger partial charge in [-0.2, -0.15) is 0 Å². The van der Waals surface area contributed by atoms with Crippen molar-refractivity contribution in [3.05, 3.63) is 6.92 Å². The van der Waals surface area contributed by atoms with Gasteiger partial charge in [0.2, 0.25) is 0 Å². The summed E-state index contributed by atoms with van der Waals surface area (Å²) in [6, 6.07) is 0. The summed E-state index contributed by atoms with van der Waals surface area (Å²) in [4.78, 5) is 0. The monoisotopic (exact) mass is 494 g/mol. The quantitative estimate of drug-likeness (QED) is 0.0846. The molecule has 211 valence electrons. The fraction of sp³-hybridized carbons (Fsp3) is 0.971. The molecule has 0 aromatic rings. The zero-order valence-corrected chi connectivity index (χ0v) is 24.7. The molecule has 35 heavy (non-hydrogen) atoms. The van der Waals surface area contributed by atoms with Crippen LogP contribution in [0, 0.1) is 6.92 Å². The second-order valence-corrected chi connectivity index (χ2v) is 11.4. The largest absolute Gasteiger partial charge is 0.381 e. The van der Waals surface area contributed by atoms with Crippen LogP contribution in [0.5, 0.6) is 0 Å². The minimum absolute atomic E-state index is 0.967. The van der Waals surface area contributed by atoms with Gasteiger partial charge in [-0.1, -0.05) is 194 Å². The summed E-state index contributed by atoms with van der Waals surface area (Å²) in [5, 5.41) is 0. The van der Waals surface area contributed by atoms with Crippen LogP contribution in [0.2, 0.25) is 0 Å². The van der Waals surface area contributed by atoms with E-state index in [1.54, 1.807) is 0 Å². The van der Waals surface area contributed by atoms with E-state index in [1.807, 2.05) is 0 Å². The van der Waals surface area contributed by atoms with Gasteiger partial charge in [-0.25, -0.2) is 0 Å². The fourth-order valence-electron chi connectivity index (χ4n) is 5.15. The molecule has 1 heteroatoms. The molecule has 1 radical (unpaired) electrons. The molecule has 0 saturated heterocycles. The molecule has 0 aliphatic carbocycles. The van der Waals surface area contributed by atoms with Crippen molar-refractivity contribution in [1.82, 2.24) is 0 Å². The standard InChI is InChI=1S/C34H69O/c1-3-5-7-8-9-10-11-12-13-14-15-16-17-18-19-20-21-22-23-24-25-26-27-28-29-30-31-32-34-35-33-6-4-2/h1,3-34H2,2H3. The third kappa shape index (κ3) is 34.0. The number of unbranched alkanes of at least 4 members (excludes halogenated alkanes) is 28. The molecule has 0 aromatic carbocycles. The minimum Gasteiger partial charge on any atom is -0.381 e. The van der Waals surface area contributed by atoms with Crippen LogP contribution in [0.25, 0.3) is 0 Å². The molecule has 0 amide bonds. The highest BCUT2D eigenvalue weighted by atomic mass is 16.5. The van der Waals surface area contributed by atoms with Gasteiger partial charge in [0.05, 0.1) is 0 Å². The Labute approximate surface area is 224 Å². The Balaban J connectivity index is 3.00. The Morgan fingerprint density at radius 3 is 0.800 bits per heavy atom. The molecular weight excluding hydrogens is 424 g/mol. The average molecular weight is 494 g/mol. The molecule has 0 fully saturated rings. The summed E-state index contributed by atoms with van der Waals surface area (Å²) in [6.45, 7) is 8.10.